The summed E-state index contributed by atoms with van der Waals surface area (Å²) in [5.74, 6) is 0.876. The van der Waals surface area contributed by atoms with Gasteiger partial charge in [-0.2, -0.15) is 0 Å². The zero-order valence-corrected chi connectivity index (χ0v) is 17.3. The minimum absolute atomic E-state index is 0.0932. The van der Waals surface area contributed by atoms with Gasteiger partial charge in [-0.1, -0.05) is 49.4 Å². The van der Waals surface area contributed by atoms with Crippen LogP contribution >= 0.6 is 0 Å². The normalized spacial score (nSPS) is 17.6. The Morgan fingerprint density at radius 1 is 1.03 bits per heavy atom. The molecule has 0 radical (unpaired) electrons. The fourth-order valence-corrected chi connectivity index (χ4v) is 4.17. The number of aliphatic imine (C=N–C) groups is 1. The van der Waals surface area contributed by atoms with Gasteiger partial charge in [0, 0.05) is 44.7 Å². The number of esters is 1. The maximum absolute atomic E-state index is 11.9. The Hall–Kier alpha value is -2.66. The summed E-state index contributed by atoms with van der Waals surface area (Å²) in [5.41, 5.74) is 4.90. The van der Waals surface area contributed by atoms with Gasteiger partial charge in [0.05, 0.1) is 18.2 Å². The van der Waals surface area contributed by atoms with Crippen LogP contribution in [0.15, 0.2) is 53.5 Å². The molecule has 2 aromatic rings. The zero-order chi connectivity index (χ0) is 20.2. The van der Waals surface area contributed by atoms with E-state index in [1.54, 1.807) is 0 Å². The van der Waals surface area contributed by atoms with Crippen molar-refractivity contribution in [2.45, 2.75) is 20.3 Å². The molecule has 5 heteroatoms. The first kappa shape index (κ1) is 19.6. The summed E-state index contributed by atoms with van der Waals surface area (Å²) in [5, 5.41) is 0. The van der Waals surface area contributed by atoms with Crippen LogP contribution in [0, 0.1) is 5.92 Å². The van der Waals surface area contributed by atoms with Crippen LogP contribution in [0.3, 0.4) is 0 Å². The van der Waals surface area contributed by atoms with Crippen LogP contribution in [0.5, 0.6) is 0 Å². The topological polar surface area (TPSA) is 45.1 Å². The summed E-state index contributed by atoms with van der Waals surface area (Å²) in [6.45, 7) is 8.66. The van der Waals surface area contributed by atoms with Gasteiger partial charge in [-0.15, -0.1) is 0 Å². The van der Waals surface area contributed by atoms with E-state index >= 15 is 0 Å². The van der Waals surface area contributed by atoms with E-state index in [0.717, 1.165) is 50.7 Å². The van der Waals surface area contributed by atoms with Crippen LogP contribution < -0.4 is 0 Å². The van der Waals surface area contributed by atoms with Crippen molar-refractivity contribution < 1.29 is 9.53 Å². The van der Waals surface area contributed by atoms with Crippen LogP contribution in [0.25, 0.3) is 0 Å². The molecule has 2 aliphatic heterocycles. The van der Waals surface area contributed by atoms with Crippen molar-refractivity contribution in [3.63, 3.8) is 0 Å². The molecule has 2 aliphatic rings. The molecule has 2 heterocycles. The number of amidine groups is 1. The van der Waals surface area contributed by atoms with E-state index in [1.165, 1.54) is 16.7 Å². The van der Waals surface area contributed by atoms with Crippen LogP contribution in [0.4, 0.5) is 5.69 Å². The largest absolute Gasteiger partial charge is 0.466 e. The highest BCUT2D eigenvalue weighted by molar-refractivity contribution is 6.02. The van der Waals surface area contributed by atoms with Crippen molar-refractivity contribution in [3.05, 3.63) is 65.2 Å². The lowest BCUT2D eigenvalue weighted by molar-refractivity contribution is -0.148. The number of piperazine rings is 1. The molecule has 152 valence electrons. The van der Waals surface area contributed by atoms with Crippen LogP contribution in [0.2, 0.25) is 0 Å². The Morgan fingerprint density at radius 2 is 1.72 bits per heavy atom. The number of fused-ring (bicyclic) bond motifs is 2. The van der Waals surface area contributed by atoms with Gasteiger partial charge < -0.3 is 9.64 Å². The lowest BCUT2D eigenvalue weighted by Crippen LogP contribution is -2.50. The summed E-state index contributed by atoms with van der Waals surface area (Å²) < 4.78 is 5.15. The molecule has 0 aromatic heterocycles. The highest BCUT2D eigenvalue weighted by Crippen LogP contribution is 2.29. The molecule has 5 nitrogen and oxygen atoms in total. The lowest BCUT2D eigenvalue weighted by atomic mass is 9.99. The molecular formula is C24H29N3O2. The summed E-state index contributed by atoms with van der Waals surface area (Å²) in [6.07, 6.45) is 0.913. The quantitative estimate of drug-likeness (QED) is 0.749. The molecule has 1 fully saturated rings. The number of carbonyl (C=O) groups excluding carboxylic acids is 1. The van der Waals surface area contributed by atoms with E-state index in [1.807, 2.05) is 13.8 Å². The lowest BCUT2D eigenvalue weighted by Gasteiger charge is -2.37. The first-order valence-electron chi connectivity index (χ1n) is 10.5. The molecule has 0 N–H and O–H groups in total. The Labute approximate surface area is 173 Å². The van der Waals surface area contributed by atoms with E-state index in [0.29, 0.717) is 6.61 Å². The monoisotopic (exact) mass is 391 g/mol. The van der Waals surface area contributed by atoms with Crippen molar-refractivity contribution in [1.82, 2.24) is 9.80 Å². The van der Waals surface area contributed by atoms with Gasteiger partial charge >= 0.3 is 5.97 Å². The molecule has 4 rings (SSSR count). The number of carbonyl (C=O) groups is 1. The number of nitrogens with zero attached hydrogens (tertiary/aromatic N) is 3. The van der Waals surface area contributed by atoms with Crippen LogP contribution in [-0.2, 0) is 16.0 Å². The number of benzene rings is 2. The molecule has 2 aromatic carbocycles. The number of rotatable bonds is 4. The average Bonchev–Trinajstić information content (AvgIpc) is 2.91. The van der Waals surface area contributed by atoms with Crippen molar-refractivity contribution in [2.24, 2.45) is 10.9 Å². The zero-order valence-electron chi connectivity index (χ0n) is 17.3. The fourth-order valence-electron chi connectivity index (χ4n) is 4.17. The van der Waals surface area contributed by atoms with E-state index in [9.17, 15) is 4.79 Å². The second-order valence-electron chi connectivity index (χ2n) is 7.84. The predicted molar refractivity (Wildman–Crippen MR) is 116 cm³/mol. The Balaban J connectivity index is 1.50. The average molecular weight is 392 g/mol. The van der Waals surface area contributed by atoms with Gasteiger partial charge in [0.2, 0.25) is 0 Å². The maximum Gasteiger partial charge on any atom is 0.309 e. The van der Waals surface area contributed by atoms with Crippen LogP contribution in [-0.4, -0.2) is 60.9 Å². The molecule has 1 saturated heterocycles. The third-order valence-corrected chi connectivity index (χ3v) is 5.75. The Kier molecular flexibility index (Phi) is 5.95. The minimum Gasteiger partial charge on any atom is -0.466 e. The predicted octanol–water partition coefficient (Wildman–Crippen LogP) is 3.49. The fraction of sp³-hybridized carbons (Fsp3) is 0.417. The van der Waals surface area contributed by atoms with E-state index in [2.05, 4.69) is 58.3 Å². The highest BCUT2D eigenvalue weighted by Gasteiger charge is 2.26. The highest BCUT2D eigenvalue weighted by atomic mass is 16.5. The second kappa shape index (κ2) is 8.78. The smallest absolute Gasteiger partial charge is 0.309 e. The van der Waals surface area contributed by atoms with Gasteiger partial charge in [0.15, 0.2) is 0 Å². The van der Waals surface area contributed by atoms with E-state index in [4.69, 9.17) is 9.73 Å². The third kappa shape index (κ3) is 4.35. The summed E-state index contributed by atoms with van der Waals surface area (Å²) in [6, 6.07) is 17.0. The molecule has 0 aliphatic carbocycles. The number of ether oxygens (including phenoxy) is 1. The van der Waals surface area contributed by atoms with Gasteiger partial charge in [0.1, 0.15) is 5.84 Å². The Morgan fingerprint density at radius 3 is 2.48 bits per heavy atom. The van der Waals surface area contributed by atoms with Gasteiger partial charge in [-0.25, -0.2) is 4.99 Å². The van der Waals surface area contributed by atoms with E-state index < -0.39 is 0 Å². The van der Waals surface area contributed by atoms with Crippen LogP contribution in [0.1, 0.15) is 30.5 Å². The molecule has 0 amide bonds. The second-order valence-corrected chi connectivity index (χ2v) is 7.84. The molecule has 0 saturated carbocycles. The van der Waals surface area contributed by atoms with Crippen molar-refractivity contribution in [1.29, 1.82) is 0 Å². The molecule has 1 atom stereocenters. The van der Waals surface area contributed by atoms with Crippen molar-refractivity contribution in [2.75, 3.05) is 39.3 Å². The number of hydrogen-bond acceptors (Lipinski definition) is 5. The summed E-state index contributed by atoms with van der Waals surface area (Å²) in [4.78, 5) is 21.8. The van der Waals surface area contributed by atoms with Gasteiger partial charge in [0.25, 0.3) is 0 Å². The summed E-state index contributed by atoms with van der Waals surface area (Å²) >= 11 is 0. The maximum atomic E-state index is 11.9. The third-order valence-electron chi connectivity index (χ3n) is 5.75. The molecule has 29 heavy (non-hydrogen) atoms. The standard InChI is InChI=1S/C24H29N3O2/c1-3-29-24(28)18(2)17-26-12-14-27(15-13-26)23-21-10-6-4-8-19(21)16-20-9-5-7-11-22(20)25-23/h4-11,18H,3,12-17H2,1-2H3. The van der Waals surface area contributed by atoms with E-state index in [-0.39, 0.29) is 11.9 Å². The van der Waals surface area contributed by atoms with Crippen molar-refractivity contribution >= 4 is 17.5 Å². The minimum atomic E-state index is -0.103. The number of para-hydroxylation sites is 1. The molecule has 0 bridgehead atoms. The molecular weight excluding hydrogens is 362 g/mol. The van der Waals surface area contributed by atoms with Crippen molar-refractivity contribution in [3.8, 4) is 0 Å². The first-order valence-corrected chi connectivity index (χ1v) is 10.5. The van der Waals surface area contributed by atoms with Gasteiger partial charge in [-0.05, 0) is 24.1 Å². The number of hydrogen-bond donors (Lipinski definition) is 0. The molecule has 1 unspecified atom stereocenters. The first-order chi connectivity index (χ1) is 14.2. The Bertz CT molecular complexity index is 901. The summed E-state index contributed by atoms with van der Waals surface area (Å²) in [7, 11) is 0. The molecule has 0 spiro atoms. The SMILES string of the molecule is CCOC(=O)C(C)CN1CCN(C2=Nc3ccccc3Cc3ccccc32)CC1. The van der Waals surface area contributed by atoms with Gasteiger partial charge in [-0.3, -0.25) is 9.69 Å².